The van der Waals surface area contributed by atoms with Gasteiger partial charge in [0, 0.05) is 10.6 Å². The van der Waals surface area contributed by atoms with E-state index in [2.05, 4.69) is 15.5 Å². The van der Waals surface area contributed by atoms with Gasteiger partial charge < -0.3 is 4.74 Å². The summed E-state index contributed by atoms with van der Waals surface area (Å²) in [5.74, 6) is 0.125. The molecule has 0 radical (unpaired) electrons. The van der Waals surface area contributed by atoms with Gasteiger partial charge in [-0.2, -0.15) is 0 Å². The van der Waals surface area contributed by atoms with Gasteiger partial charge in [0.1, 0.15) is 6.54 Å². The van der Waals surface area contributed by atoms with E-state index in [1.165, 1.54) is 4.68 Å². The van der Waals surface area contributed by atoms with Crippen molar-refractivity contribution in [1.29, 1.82) is 0 Å². The van der Waals surface area contributed by atoms with Crippen LogP contribution in [-0.4, -0.2) is 32.8 Å². The number of esters is 1. The number of benzene rings is 1. The van der Waals surface area contributed by atoms with Crippen LogP contribution in [-0.2, 0) is 16.1 Å². The molecule has 0 aliphatic heterocycles. The number of hydrogen-bond acceptors (Lipinski definition) is 5. The molecule has 0 saturated heterocycles. The highest BCUT2D eigenvalue weighted by atomic mass is 35.5. The van der Waals surface area contributed by atoms with E-state index in [0.29, 0.717) is 17.5 Å². The molecule has 0 bridgehead atoms. The molecule has 0 atom stereocenters. The Bertz CT molecular complexity index is 538. The summed E-state index contributed by atoms with van der Waals surface area (Å²) in [4.78, 5) is 11.4. The molecule has 1 aromatic heterocycles. The second-order valence-electron chi connectivity index (χ2n) is 3.47. The quantitative estimate of drug-likeness (QED) is 0.786. The highest BCUT2D eigenvalue weighted by molar-refractivity contribution is 6.30. The Balaban J connectivity index is 2.22. The zero-order valence-corrected chi connectivity index (χ0v) is 10.5. The number of aromatic nitrogens is 4. The molecule has 18 heavy (non-hydrogen) atoms. The maximum Gasteiger partial charge on any atom is 0.327 e. The van der Waals surface area contributed by atoms with Crippen molar-refractivity contribution in [3.05, 3.63) is 29.3 Å². The third-order valence-corrected chi connectivity index (χ3v) is 2.47. The summed E-state index contributed by atoms with van der Waals surface area (Å²) in [6, 6.07) is 7.05. The van der Waals surface area contributed by atoms with E-state index in [0.717, 1.165) is 5.56 Å². The van der Waals surface area contributed by atoms with Crippen LogP contribution in [0.2, 0.25) is 5.02 Å². The summed E-state index contributed by atoms with van der Waals surface area (Å²) >= 11 is 5.81. The van der Waals surface area contributed by atoms with Gasteiger partial charge in [-0.15, -0.1) is 5.10 Å². The van der Waals surface area contributed by atoms with Gasteiger partial charge in [0.25, 0.3) is 0 Å². The molecule has 0 unspecified atom stereocenters. The number of ether oxygens (including phenoxy) is 1. The number of tetrazole rings is 1. The molecule has 0 aliphatic rings. The van der Waals surface area contributed by atoms with Crippen LogP contribution in [0.15, 0.2) is 24.3 Å². The molecule has 0 fully saturated rings. The Morgan fingerprint density at radius 1 is 1.39 bits per heavy atom. The van der Waals surface area contributed by atoms with Crippen LogP contribution in [0.3, 0.4) is 0 Å². The maximum atomic E-state index is 11.4. The van der Waals surface area contributed by atoms with Crippen LogP contribution >= 0.6 is 11.6 Å². The molecule has 0 spiro atoms. The number of rotatable bonds is 4. The Labute approximate surface area is 109 Å². The fourth-order valence-electron chi connectivity index (χ4n) is 1.45. The van der Waals surface area contributed by atoms with Crippen molar-refractivity contribution >= 4 is 17.6 Å². The Kier molecular flexibility index (Phi) is 3.88. The highest BCUT2D eigenvalue weighted by Gasteiger charge is 2.12. The van der Waals surface area contributed by atoms with Gasteiger partial charge in [-0.3, -0.25) is 4.79 Å². The lowest BCUT2D eigenvalue weighted by Gasteiger charge is -2.04. The first kappa shape index (κ1) is 12.5. The molecule has 0 amide bonds. The second kappa shape index (κ2) is 5.59. The number of halogens is 1. The van der Waals surface area contributed by atoms with Gasteiger partial charge in [0.05, 0.1) is 6.61 Å². The lowest BCUT2D eigenvalue weighted by atomic mass is 10.2. The molecule has 0 saturated carbocycles. The van der Waals surface area contributed by atoms with Crippen LogP contribution in [0.4, 0.5) is 0 Å². The van der Waals surface area contributed by atoms with Crippen molar-refractivity contribution in [2.24, 2.45) is 0 Å². The fourth-order valence-corrected chi connectivity index (χ4v) is 1.57. The Morgan fingerprint density at radius 2 is 2.11 bits per heavy atom. The molecule has 2 aromatic rings. The van der Waals surface area contributed by atoms with Gasteiger partial charge >= 0.3 is 5.97 Å². The van der Waals surface area contributed by atoms with Crippen LogP contribution in [0.1, 0.15) is 6.92 Å². The summed E-state index contributed by atoms with van der Waals surface area (Å²) in [6.07, 6.45) is 0. The first-order valence-electron chi connectivity index (χ1n) is 5.38. The van der Waals surface area contributed by atoms with Crippen LogP contribution in [0.5, 0.6) is 0 Å². The van der Waals surface area contributed by atoms with Crippen molar-refractivity contribution in [2.45, 2.75) is 13.5 Å². The minimum atomic E-state index is -0.375. The monoisotopic (exact) mass is 266 g/mol. The van der Waals surface area contributed by atoms with Crippen LogP contribution in [0.25, 0.3) is 11.4 Å². The Morgan fingerprint density at radius 3 is 2.78 bits per heavy atom. The predicted octanol–water partition coefficient (Wildman–Crippen LogP) is 1.56. The van der Waals surface area contributed by atoms with Crippen LogP contribution in [0, 0.1) is 0 Å². The van der Waals surface area contributed by atoms with Crippen LogP contribution < -0.4 is 0 Å². The van der Waals surface area contributed by atoms with Gasteiger partial charge in [0.15, 0.2) is 5.82 Å². The summed E-state index contributed by atoms with van der Waals surface area (Å²) < 4.78 is 6.24. The van der Waals surface area contributed by atoms with E-state index in [1.807, 2.05) is 0 Å². The van der Waals surface area contributed by atoms with Crippen molar-refractivity contribution < 1.29 is 9.53 Å². The molecule has 94 valence electrons. The number of carbonyl (C=O) groups is 1. The van der Waals surface area contributed by atoms with E-state index in [4.69, 9.17) is 16.3 Å². The molecule has 0 N–H and O–H groups in total. The lowest BCUT2D eigenvalue weighted by Crippen LogP contribution is -2.15. The van der Waals surface area contributed by atoms with E-state index >= 15 is 0 Å². The van der Waals surface area contributed by atoms with Crippen molar-refractivity contribution in [3.8, 4) is 11.4 Å². The molecule has 1 aromatic carbocycles. The maximum absolute atomic E-state index is 11.4. The highest BCUT2D eigenvalue weighted by Crippen LogP contribution is 2.18. The molecule has 0 aliphatic carbocycles. The van der Waals surface area contributed by atoms with Gasteiger partial charge in [0.2, 0.25) is 0 Å². The fraction of sp³-hybridized carbons (Fsp3) is 0.273. The number of carbonyl (C=O) groups excluding carboxylic acids is 1. The molecule has 6 nitrogen and oxygen atoms in total. The smallest absolute Gasteiger partial charge is 0.327 e. The summed E-state index contributed by atoms with van der Waals surface area (Å²) in [5, 5.41) is 11.8. The number of hydrogen-bond donors (Lipinski definition) is 0. The SMILES string of the molecule is CCOC(=O)Cn1nnnc1-c1ccc(Cl)cc1. The van der Waals surface area contributed by atoms with E-state index in [1.54, 1.807) is 31.2 Å². The minimum Gasteiger partial charge on any atom is -0.465 e. The summed E-state index contributed by atoms with van der Waals surface area (Å²) in [7, 11) is 0. The number of nitrogens with zero attached hydrogens (tertiary/aromatic N) is 4. The first-order chi connectivity index (χ1) is 8.70. The summed E-state index contributed by atoms with van der Waals surface area (Å²) in [5.41, 5.74) is 0.786. The van der Waals surface area contributed by atoms with Gasteiger partial charge in [-0.25, -0.2) is 4.68 Å². The normalized spacial score (nSPS) is 10.3. The molecule has 2 rings (SSSR count). The van der Waals surface area contributed by atoms with Gasteiger partial charge in [-0.1, -0.05) is 11.6 Å². The minimum absolute atomic E-state index is 0.0151. The largest absolute Gasteiger partial charge is 0.465 e. The average molecular weight is 267 g/mol. The molecular formula is C11H11ClN4O2. The average Bonchev–Trinajstić information content (AvgIpc) is 2.78. The van der Waals surface area contributed by atoms with E-state index < -0.39 is 0 Å². The molecule has 1 heterocycles. The van der Waals surface area contributed by atoms with Crippen molar-refractivity contribution in [1.82, 2.24) is 20.2 Å². The zero-order chi connectivity index (χ0) is 13.0. The zero-order valence-electron chi connectivity index (χ0n) is 9.71. The van der Waals surface area contributed by atoms with Crippen molar-refractivity contribution in [3.63, 3.8) is 0 Å². The Hall–Kier alpha value is -1.95. The lowest BCUT2D eigenvalue weighted by molar-refractivity contribution is -0.144. The standard InChI is InChI=1S/C11H11ClN4O2/c1-2-18-10(17)7-16-11(13-14-15-16)8-3-5-9(12)6-4-8/h3-6H,2,7H2,1H3. The molecule has 7 heteroatoms. The summed E-state index contributed by atoms with van der Waals surface area (Å²) in [6.45, 7) is 2.06. The predicted molar refractivity (Wildman–Crippen MR) is 64.9 cm³/mol. The van der Waals surface area contributed by atoms with E-state index in [9.17, 15) is 4.79 Å². The second-order valence-corrected chi connectivity index (χ2v) is 3.91. The third kappa shape index (κ3) is 2.84. The first-order valence-corrected chi connectivity index (χ1v) is 5.76. The van der Waals surface area contributed by atoms with E-state index in [-0.39, 0.29) is 12.5 Å². The topological polar surface area (TPSA) is 69.9 Å². The van der Waals surface area contributed by atoms with Gasteiger partial charge in [-0.05, 0) is 41.6 Å². The third-order valence-electron chi connectivity index (χ3n) is 2.22. The van der Waals surface area contributed by atoms with Crippen molar-refractivity contribution in [2.75, 3.05) is 6.61 Å². The molecular weight excluding hydrogens is 256 g/mol.